The van der Waals surface area contributed by atoms with Crippen molar-refractivity contribution in [3.05, 3.63) is 63.7 Å². The summed E-state index contributed by atoms with van der Waals surface area (Å²) in [6, 6.07) is 8.27. The van der Waals surface area contributed by atoms with Gasteiger partial charge in [-0.15, -0.1) is 0 Å². The number of carbonyl (C=O) groups excluding carboxylic acids is 1. The fourth-order valence-corrected chi connectivity index (χ4v) is 2.25. The molecule has 0 aliphatic heterocycles. The third kappa shape index (κ3) is 2.19. The van der Waals surface area contributed by atoms with Gasteiger partial charge in [0.15, 0.2) is 0 Å². The lowest BCUT2D eigenvalue weighted by molar-refractivity contribution is 0.102. The van der Waals surface area contributed by atoms with E-state index >= 15 is 0 Å². The molecule has 2 heterocycles. The van der Waals surface area contributed by atoms with Crippen LogP contribution < -0.4 is 10.9 Å². The lowest BCUT2D eigenvalue weighted by atomic mass is 10.1. The highest BCUT2D eigenvalue weighted by Gasteiger charge is 2.11. The number of halogens is 1. The number of pyridine rings is 1. The van der Waals surface area contributed by atoms with E-state index in [1.54, 1.807) is 24.4 Å². The van der Waals surface area contributed by atoms with E-state index < -0.39 is 0 Å². The van der Waals surface area contributed by atoms with Gasteiger partial charge in [0.05, 0.1) is 10.5 Å². The van der Waals surface area contributed by atoms with E-state index in [9.17, 15) is 9.59 Å². The first-order chi connectivity index (χ1) is 9.65. The van der Waals surface area contributed by atoms with E-state index in [4.69, 9.17) is 11.6 Å². The predicted octanol–water partition coefficient (Wildman–Crippen LogP) is 2.76. The van der Waals surface area contributed by atoms with E-state index in [2.05, 4.69) is 15.3 Å². The lowest BCUT2D eigenvalue weighted by Crippen LogP contribution is -2.19. The summed E-state index contributed by atoms with van der Waals surface area (Å²) in [6.07, 6.45) is 3.25. The first kappa shape index (κ1) is 12.5. The number of rotatable bonds is 2. The van der Waals surface area contributed by atoms with Gasteiger partial charge in [-0.25, -0.2) is 0 Å². The maximum atomic E-state index is 12.2. The van der Waals surface area contributed by atoms with Crippen molar-refractivity contribution in [3.63, 3.8) is 0 Å². The van der Waals surface area contributed by atoms with E-state index in [-0.39, 0.29) is 17.2 Å². The highest BCUT2D eigenvalue weighted by Crippen LogP contribution is 2.24. The Morgan fingerprint density at radius 3 is 2.80 bits per heavy atom. The van der Waals surface area contributed by atoms with Crippen LogP contribution in [0.15, 0.2) is 47.5 Å². The summed E-state index contributed by atoms with van der Waals surface area (Å²) < 4.78 is 0. The normalized spacial score (nSPS) is 10.7. The van der Waals surface area contributed by atoms with Crippen molar-refractivity contribution in [2.75, 3.05) is 5.32 Å². The molecule has 0 saturated carbocycles. The molecule has 0 saturated heterocycles. The molecule has 0 unspecified atom stereocenters. The Labute approximate surface area is 118 Å². The summed E-state index contributed by atoms with van der Waals surface area (Å²) in [5, 5.41) is 3.85. The molecule has 0 aliphatic rings. The standard InChI is InChI=1S/C14H10ClN3O2/c15-10-7-9(6-8-3-5-16-12(8)10)13(19)18-11-2-1-4-17-14(11)20/h1-7,16H,(H,17,20)(H,18,19). The molecule has 0 aliphatic carbocycles. The predicted molar refractivity (Wildman–Crippen MR) is 78.3 cm³/mol. The number of anilines is 1. The van der Waals surface area contributed by atoms with Crippen molar-refractivity contribution in [1.82, 2.24) is 9.97 Å². The number of fused-ring (bicyclic) bond motifs is 1. The Morgan fingerprint density at radius 2 is 2.00 bits per heavy atom. The van der Waals surface area contributed by atoms with Crippen LogP contribution in [0.4, 0.5) is 5.69 Å². The first-order valence-electron chi connectivity index (χ1n) is 5.91. The van der Waals surface area contributed by atoms with Gasteiger partial charge in [-0.3, -0.25) is 9.59 Å². The average molecular weight is 288 g/mol. The quantitative estimate of drug-likeness (QED) is 0.678. The van der Waals surface area contributed by atoms with Crippen LogP contribution >= 0.6 is 11.6 Å². The third-order valence-corrected chi connectivity index (χ3v) is 3.24. The van der Waals surface area contributed by atoms with Crippen molar-refractivity contribution in [2.45, 2.75) is 0 Å². The SMILES string of the molecule is O=C(Nc1ccc[nH]c1=O)c1cc(Cl)c2[nH]ccc2c1. The van der Waals surface area contributed by atoms with Gasteiger partial charge in [0, 0.05) is 23.3 Å². The Kier molecular flexibility index (Phi) is 3.04. The van der Waals surface area contributed by atoms with Crippen LogP contribution in [0.25, 0.3) is 10.9 Å². The van der Waals surface area contributed by atoms with Gasteiger partial charge in [-0.05, 0) is 30.3 Å². The summed E-state index contributed by atoms with van der Waals surface area (Å²) in [7, 11) is 0. The van der Waals surface area contributed by atoms with Gasteiger partial charge in [-0.2, -0.15) is 0 Å². The van der Waals surface area contributed by atoms with E-state index in [0.29, 0.717) is 10.6 Å². The number of hydrogen-bond acceptors (Lipinski definition) is 2. The molecule has 0 fully saturated rings. The van der Waals surface area contributed by atoms with Crippen molar-refractivity contribution < 1.29 is 4.79 Å². The van der Waals surface area contributed by atoms with Gasteiger partial charge in [0.25, 0.3) is 11.5 Å². The van der Waals surface area contributed by atoms with E-state index in [1.807, 2.05) is 6.07 Å². The second kappa shape index (κ2) is 4.86. The zero-order chi connectivity index (χ0) is 14.1. The highest BCUT2D eigenvalue weighted by atomic mass is 35.5. The smallest absolute Gasteiger partial charge is 0.271 e. The minimum absolute atomic E-state index is 0.197. The number of H-pyrrole nitrogens is 2. The van der Waals surface area contributed by atoms with Crippen LogP contribution in [-0.4, -0.2) is 15.9 Å². The Morgan fingerprint density at radius 1 is 1.15 bits per heavy atom. The van der Waals surface area contributed by atoms with Gasteiger partial charge >= 0.3 is 0 Å². The van der Waals surface area contributed by atoms with Crippen molar-refractivity contribution in [2.24, 2.45) is 0 Å². The largest absolute Gasteiger partial charge is 0.360 e. The number of aromatic amines is 2. The fourth-order valence-electron chi connectivity index (χ4n) is 1.97. The summed E-state index contributed by atoms with van der Waals surface area (Å²) in [6.45, 7) is 0. The van der Waals surface area contributed by atoms with Crippen LogP contribution in [0.1, 0.15) is 10.4 Å². The first-order valence-corrected chi connectivity index (χ1v) is 6.28. The maximum absolute atomic E-state index is 12.2. The molecule has 20 heavy (non-hydrogen) atoms. The number of nitrogens with one attached hydrogen (secondary N) is 3. The monoisotopic (exact) mass is 287 g/mol. The zero-order valence-corrected chi connectivity index (χ0v) is 11.0. The molecule has 3 rings (SSSR count). The maximum Gasteiger partial charge on any atom is 0.271 e. The van der Waals surface area contributed by atoms with Crippen LogP contribution in [0, 0.1) is 0 Å². The zero-order valence-electron chi connectivity index (χ0n) is 10.2. The molecule has 2 aromatic heterocycles. The second-order valence-corrected chi connectivity index (χ2v) is 4.67. The van der Waals surface area contributed by atoms with Gasteiger partial charge in [0.1, 0.15) is 5.69 Å². The fraction of sp³-hybridized carbons (Fsp3) is 0. The summed E-state index contributed by atoms with van der Waals surface area (Å²) >= 11 is 6.10. The number of amides is 1. The molecule has 0 radical (unpaired) electrons. The van der Waals surface area contributed by atoms with Crippen molar-refractivity contribution in [3.8, 4) is 0 Å². The van der Waals surface area contributed by atoms with Crippen molar-refractivity contribution in [1.29, 1.82) is 0 Å². The molecule has 100 valence electrons. The number of hydrogen-bond donors (Lipinski definition) is 3. The average Bonchev–Trinajstić information content (AvgIpc) is 2.90. The van der Waals surface area contributed by atoms with Gasteiger partial charge in [-0.1, -0.05) is 11.6 Å². The molecule has 5 nitrogen and oxygen atoms in total. The van der Waals surface area contributed by atoms with Crippen LogP contribution in [0.2, 0.25) is 5.02 Å². The minimum Gasteiger partial charge on any atom is -0.360 e. The van der Waals surface area contributed by atoms with Gasteiger partial charge in [0.2, 0.25) is 0 Å². The molecule has 0 spiro atoms. The van der Waals surface area contributed by atoms with Crippen molar-refractivity contribution >= 4 is 34.1 Å². The Hall–Kier alpha value is -2.53. The minimum atomic E-state index is -0.383. The molecule has 0 atom stereocenters. The van der Waals surface area contributed by atoms with Crippen LogP contribution in [0.5, 0.6) is 0 Å². The molecular weight excluding hydrogens is 278 g/mol. The molecular formula is C14H10ClN3O2. The molecule has 1 aromatic carbocycles. The topological polar surface area (TPSA) is 77.8 Å². The van der Waals surface area contributed by atoms with E-state index in [0.717, 1.165) is 10.9 Å². The molecule has 0 bridgehead atoms. The summed E-state index contributed by atoms with van der Waals surface area (Å²) in [4.78, 5) is 29.2. The molecule has 3 aromatic rings. The summed E-state index contributed by atoms with van der Waals surface area (Å²) in [5.41, 5.74) is 1.02. The highest BCUT2D eigenvalue weighted by molar-refractivity contribution is 6.35. The molecule has 1 amide bonds. The number of benzene rings is 1. The van der Waals surface area contributed by atoms with Crippen LogP contribution in [-0.2, 0) is 0 Å². The Balaban J connectivity index is 1.97. The Bertz CT molecular complexity index is 851. The summed E-state index contributed by atoms with van der Waals surface area (Å²) in [5.74, 6) is -0.383. The molecule has 6 heteroatoms. The molecule has 3 N–H and O–H groups in total. The van der Waals surface area contributed by atoms with Crippen LogP contribution in [0.3, 0.4) is 0 Å². The van der Waals surface area contributed by atoms with Gasteiger partial charge < -0.3 is 15.3 Å². The van der Waals surface area contributed by atoms with E-state index in [1.165, 1.54) is 12.3 Å². The third-order valence-electron chi connectivity index (χ3n) is 2.94. The second-order valence-electron chi connectivity index (χ2n) is 4.27. The lowest BCUT2D eigenvalue weighted by Gasteiger charge is -2.05. The number of carbonyl (C=O) groups is 1. The number of aromatic nitrogens is 2.